The first kappa shape index (κ1) is 12.1. The maximum Gasteiger partial charge on any atom is 0.280 e. The fraction of sp³-hybridized carbons (Fsp3) is 0.222. The number of nitriles is 1. The Morgan fingerprint density at radius 2 is 2.17 bits per heavy atom. The highest BCUT2D eigenvalue weighted by Gasteiger charge is 2.21. The Kier molecular flexibility index (Phi) is 2.80. The first-order valence-electron chi connectivity index (χ1n) is 4.88. The normalized spacial score (nSPS) is 11.2. The first-order valence-corrected chi connectivity index (χ1v) is 6.37. The average Bonchev–Trinajstić information content (AvgIpc) is 2.84. The van der Waals surface area contributed by atoms with Crippen molar-refractivity contribution in [2.45, 2.75) is 5.03 Å². The second-order valence-electron chi connectivity index (χ2n) is 3.58. The molecule has 94 valence electrons. The molecule has 0 aliphatic carbocycles. The van der Waals surface area contributed by atoms with Crippen LogP contribution < -0.4 is 4.72 Å². The van der Waals surface area contributed by atoms with Gasteiger partial charge < -0.3 is 0 Å². The van der Waals surface area contributed by atoms with Gasteiger partial charge in [-0.1, -0.05) is 0 Å². The molecule has 2 aromatic heterocycles. The summed E-state index contributed by atoms with van der Waals surface area (Å²) in [5.41, 5.74) is 0.156. The number of aryl methyl sites for hydroxylation is 2. The number of anilines is 1. The van der Waals surface area contributed by atoms with Crippen molar-refractivity contribution in [1.29, 1.82) is 5.26 Å². The van der Waals surface area contributed by atoms with Crippen LogP contribution in [0, 0.1) is 11.3 Å². The molecular weight excluding hydrogens is 256 g/mol. The van der Waals surface area contributed by atoms with Gasteiger partial charge >= 0.3 is 0 Å². The zero-order valence-electron chi connectivity index (χ0n) is 9.69. The van der Waals surface area contributed by atoms with E-state index in [1.165, 1.54) is 34.9 Å². The van der Waals surface area contributed by atoms with E-state index in [0.717, 1.165) is 0 Å². The number of nitrogens with one attached hydrogen (secondary N) is 1. The SMILES string of the molecule is Cn1cc(C#N)c(NS(=O)(=O)c2ccnn2C)n1. The number of nitrogens with zero attached hydrogens (tertiary/aromatic N) is 5. The molecule has 0 aromatic carbocycles. The van der Waals surface area contributed by atoms with Crippen LogP contribution in [0.4, 0.5) is 5.82 Å². The van der Waals surface area contributed by atoms with Gasteiger partial charge in [0.25, 0.3) is 10.0 Å². The predicted molar refractivity (Wildman–Crippen MR) is 61.9 cm³/mol. The number of hydrogen-bond donors (Lipinski definition) is 1. The third kappa shape index (κ3) is 2.05. The van der Waals surface area contributed by atoms with Crippen molar-refractivity contribution in [3.63, 3.8) is 0 Å². The van der Waals surface area contributed by atoms with Crippen LogP contribution in [-0.2, 0) is 24.1 Å². The van der Waals surface area contributed by atoms with Gasteiger partial charge in [-0.15, -0.1) is 0 Å². The van der Waals surface area contributed by atoms with Crippen LogP contribution in [0.1, 0.15) is 5.56 Å². The van der Waals surface area contributed by atoms with Crippen molar-refractivity contribution in [3.8, 4) is 6.07 Å². The molecule has 0 amide bonds. The standard InChI is InChI=1S/C9H10N6O2S/c1-14-6-7(5-10)9(12-14)13-18(16,17)8-3-4-11-15(8)2/h3-4,6H,1-2H3,(H,12,13). The van der Waals surface area contributed by atoms with Gasteiger partial charge in [0, 0.05) is 20.3 Å². The summed E-state index contributed by atoms with van der Waals surface area (Å²) in [7, 11) is -0.684. The van der Waals surface area contributed by atoms with Crippen molar-refractivity contribution >= 4 is 15.8 Å². The molecule has 2 aromatic rings. The predicted octanol–water partition coefficient (Wildman–Crippen LogP) is -0.174. The average molecular weight is 266 g/mol. The summed E-state index contributed by atoms with van der Waals surface area (Å²) in [6.07, 6.45) is 2.80. The molecule has 9 heteroatoms. The molecule has 0 saturated heterocycles. The molecule has 0 radical (unpaired) electrons. The minimum atomic E-state index is -3.80. The number of rotatable bonds is 3. The molecule has 2 rings (SSSR count). The lowest BCUT2D eigenvalue weighted by Gasteiger charge is -2.05. The zero-order chi connectivity index (χ0) is 13.3. The molecule has 8 nitrogen and oxygen atoms in total. The molecule has 0 spiro atoms. The van der Waals surface area contributed by atoms with E-state index in [4.69, 9.17) is 5.26 Å². The van der Waals surface area contributed by atoms with Crippen molar-refractivity contribution in [1.82, 2.24) is 19.6 Å². The summed E-state index contributed by atoms with van der Waals surface area (Å²) in [6.45, 7) is 0. The highest BCUT2D eigenvalue weighted by atomic mass is 32.2. The van der Waals surface area contributed by atoms with Crippen LogP contribution in [0.2, 0.25) is 0 Å². The minimum Gasteiger partial charge on any atom is -0.272 e. The number of hydrogen-bond acceptors (Lipinski definition) is 5. The van der Waals surface area contributed by atoms with Crippen molar-refractivity contribution in [2.24, 2.45) is 14.1 Å². The van der Waals surface area contributed by atoms with Crippen LogP contribution in [0.15, 0.2) is 23.5 Å². The van der Waals surface area contributed by atoms with Gasteiger partial charge in [0.1, 0.15) is 11.6 Å². The molecular formula is C9H10N6O2S. The van der Waals surface area contributed by atoms with Crippen LogP contribution in [0.25, 0.3) is 0 Å². The van der Waals surface area contributed by atoms with Gasteiger partial charge in [-0.2, -0.15) is 23.9 Å². The van der Waals surface area contributed by atoms with Crippen LogP contribution in [0.5, 0.6) is 0 Å². The third-order valence-electron chi connectivity index (χ3n) is 2.23. The Balaban J connectivity index is 2.40. The largest absolute Gasteiger partial charge is 0.280 e. The summed E-state index contributed by atoms with van der Waals surface area (Å²) in [5.74, 6) is 0.00111. The Morgan fingerprint density at radius 3 is 2.72 bits per heavy atom. The second kappa shape index (κ2) is 4.15. The van der Waals surface area contributed by atoms with E-state index in [1.807, 2.05) is 6.07 Å². The Labute approximate surface area is 104 Å². The van der Waals surface area contributed by atoms with E-state index >= 15 is 0 Å². The monoisotopic (exact) mass is 266 g/mol. The summed E-state index contributed by atoms with van der Waals surface area (Å²) < 4.78 is 28.9. The van der Waals surface area contributed by atoms with E-state index in [1.54, 1.807) is 7.05 Å². The van der Waals surface area contributed by atoms with Crippen molar-refractivity contribution in [2.75, 3.05) is 4.72 Å². The number of aromatic nitrogens is 4. The number of sulfonamides is 1. The molecule has 0 aliphatic heterocycles. The van der Waals surface area contributed by atoms with Crippen molar-refractivity contribution in [3.05, 3.63) is 24.0 Å². The van der Waals surface area contributed by atoms with Crippen LogP contribution in [-0.4, -0.2) is 28.0 Å². The quantitative estimate of drug-likeness (QED) is 0.830. The Morgan fingerprint density at radius 1 is 1.44 bits per heavy atom. The minimum absolute atomic E-state index is 0.00111. The summed E-state index contributed by atoms with van der Waals surface area (Å²) in [4.78, 5) is 0. The van der Waals surface area contributed by atoms with E-state index in [9.17, 15) is 8.42 Å². The third-order valence-corrected chi connectivity index (χ3v) is 3.64. The Hall–Kier alpha value is -2.34. The topological polar surface area (TPSA) is 106 Å². The van der Waals surface area contributed by atoms with E-state index in [0.29, 0.717) is 0 Å². The lowest BCUT2D eigenvalue weighted by atomic mass is 10.4. The van der Waals surface area contributed by atoms with Gasteiger partial charge in [-0.25, -0.2) is 0 Å². The molecule has 2 heterocycles. The highest BCUT2D eigenvalue weighted by molar-refractivity contribution is 7.92. The molecule has 0 aliphatic rings. The molecule has 0 unspecified atom stereocenters. The lowest BCUT2D eigenvalue weighted by Crippen LogP contribution is -2.17. The first-order chi connectivity index (χ1) is 8.44. The summed E-state index contributed by atoms with van der Waals surface area (Å²) in [6, 6.07) is 3.22. The molecule has 18 heavy (non-hydrogen) atoms. The Bertz CT molecular complexity index is 721. The van der Waals surface area contributed by atoms with Crippen molar-refractivity contribution < 1.29 is 8.42 Å². The van der Waals surface area contributed by atoms with Gasteiger partial charge in [-0.05, 0) is 6.07 Å². The zero-order valence-corrected chi connectivity index (χ0v) is 10.5. The lowest BCUT2D eigenvalue weighted by molar-refractivity contribution is 0.581. The molecule has 0 saturated carbocycles. The summed E-state index contributed by atoms with van der Waals surface area (Å²) >= 11 is 0. The highest BCUT2D eigenvalue weighted by Crippen LogP contribution is 2.16. The maximum absolute atomic E-state index is 12.0. The van der Waals surface area contributed by atoms with Crippen LogP contribution >= 0.6 is 0 Å². The van der Waals surface area contributed by atoms with Gasteiger partial charge in [0.2, 0.25) is 0 Å². The fourth-order valence-corrected chi connectivity index (χ4v) is 2.60. The van der Waals surface area contributed by atoms with E-state index in [-0.39, 0.29) is 16.4 Å². The molecule has 1 N–H and O–H groups in total. The molecule has 0 fully saturated rings. The van der Waals surface area contributed by atoms with E-state index < -0.39 is 10.0 Å². The molecule has 0 atom stereocenters. The van der Waals surface area contributed by atoms with Gasteiger partial charge in [0.15, 0.2) is 10.8 Å². The summed E-state index contributed by atoms with van der Waals surface area (Å²) in [5, 5.41) is 16.5. The van der Waals surface area contributed by atoms with Gasteiger partial charge in [-0.3, -0.25) is 14.1 Å². The van der Waals surface area contributed by atoms with Crippen LogP contribution in [0.3, 0.4) is 0 Å². The smallest absolute Gasteiger partial charge is 0.272 e. The maximum atomic E-state index is 12.0. The van der Waals surface area contributed by atoms with E-state index in [2.05, 4.69) is 14.9 Å². The van der Waals surface area contributed by atoms with Gasteiger partial charge in [0.05, 0.1) is 6.20 Å². The fourth-order valence-electron chi connectivity index (χ4n) is 1.45. The second-order valence-corrected chi connectivity index (χ2v) is 5.20. The molecule has 0 bridgehead atoms.